The summed E-state index contributed by atoms with van der Waals surface area (Å²) in [6, 6.07) is 6.11. The molecule has 0 radical (unpaired) electrons. The largest absolute Gasteiger partial charge is 0.350 e. The molecule has 0 saturated heterocycles. The van der Waals surface area contributed by atoms with E-state index in [1.807, 2.05) is 52.8 Å². The van der Waals surface area contributed by atoms with Gasteiger partial charge in [0.1, 0.15) is 5.25 Å². The minimum Gasteiger partial charge on any atom is -0.350 e. The van der Waals surface area contributed by atoms with Crippen LogP contribution in [0.3, 0.4) is 0 Å². The molecule has 3 nitrogen and oxygen atoms in total. The van der Waals surface area contributed by atoms with Crippen LogP contribution in [0.5, 0.6) is 0 Å². The molecule has 20 heavy (non-hydrogen) atoms. The lowest BCUT2D eigenvalue weighted by Gasteiger charge is -2.23. The predicted molar refractivity (Wildman–Crippen MR) is 85.1 cm³/mol. The lowest BCUT2D eigenvalue weighted by atomic mass is 10.1. The number of carbonyl (C=O) groups excluding carboxylic acids is 1. The lowest BCUT2D eigenvalue weighted by Crippen LogP contribution is -2.46. The predicted octanol–water partition coefficient (Wildman–Crippen LogP) is 2.86. The molecule has 0 heterocycles. The van der Waals surface area contributed by atoms with E-state index >= 15 is 0 Å². The summed E-state index contributed by atoms with van der Waals surface area (Å²) in [5.41, 5.74) is 3.02. The number of aryl methyl sites for hydroxylation is 2. The van der Waals surface area contributed by atoms with Crippen molar-refractivity contribution in [2.45, 2.75) is 58.1 Å². The number of rotatable bonds is 4. The van der Waals surface area contributed by atoms with Gasteiger partial charge in [0.05, 0.1) is 0 Å². The van der Waals surface area contributed by atoms with E-state index in [9.17, 15) is 9.00 Å². The van der Waals surface area contributed by atoms with Gasteiger partial charge in [-0.25, -0.2) is 0 Å². The van der Waals surface area contributed by atoms with Crippen molar-refractivity contribution in [3.8, 4) is 0 Å². The Bertz CT molecular complexity index is 518. The zero-order valence-electron chi connectivity index (χ0n) is 13.2. The maximum absolute atomic E-state index is 12.4. The van der Waals surface area contributed by atoms with Crippen molar-refractivity contribution in [3.05, 3.63) is 34.9 Å². The Morgan fingerprint density at radius 2 is 1.90 bits per heavy atom. The van der Waals surface area contributed by atoms with Crippen LogP contribution in [0.1, 0.15) is 44.4 Å². The summed E-state index contributed by atoms with van der Waals surface area (Å²) in [5, 5.41) is 2.37. The Labute approximate surface area is 124 Å². The highest BCUT2D eigenvalue weighted by molar-refractivity contribution is 7.85. The summed E-state index contributed by atoms with van der Waals surface area (Å²) in [5.74, 6) is 0.271. The van der Waals surface area contributed by atoms with Crippen molar-refractivity contribution in [1.82, 2.24) is 5.32 Å². The maximum Gasteiger partial charge on any atom is 0.235 e. The van der Waals surface area contributed by atoms with Crippen molar-refractivity contribution in [2.75, 3.05) is 0 Å². The lowest BCUT2D eigenvalue weighted by molar-refractivity contribution is -0.121. The van der Waals surface area contributed by atoms with Crippen molar-refractivity contribution < 1.29 is 9.00 Å². The van der Waals surface area contributed by atoms with Gasteiger partial charge < -0.3 is 5.32 Å². The molecule has 2 atom stereocenters. The number of amides is 1. The van der Waals surface area contributed by atoms with E-state index < -0.39 is 16.0 Å². The first-order chi connectivity index (χ1) is 9.10. The fraction of sp³-hybridized carbons (Fsp3) is 0.562. The van der Waals surface area contributed by atoms with E-state index in [2.05, 4.69) is 5.32 Å². The summed E-state index contributed by atoms with van der Waals surface area (Å²) in [6.07, 6.45) is 0. The number of benzene rings is 1. The Morgan fingerprint density at radius 1 is 1.30 bits per heavy atom. The van der Waals surface area contributed by atoms with Gasteiger partial charge >= 0.3 is 0 Å². The second-order valence-corrected chi connectivity index (χ2v) is 8.09. The molecule has 112 valence electrons. The van der Waals surface area contributed by atoms with E-state index in [1.165, 1.54) is 0 Å². The second kappa shape index (κ2) is 6.53. The Balaban J connectivity index is 2.75. The molecule has 0 spiro atoms. The SMILES string of the molecule is Cc1ccc(C)c(C[S@](=O)[C@@H](C)C(=O)NC(C)(C)C)c1. The standard InChI is InChI=1S/C16H25NO2S/c1-11-7-8-12(2)14(9-11)10-20(19)13(3)15(18)17-16(4,5)6/h7-9,13H,10H2,1-6H3,(H,17,18)/t13-,20-/m0/s1. The third-order valence-corrected chi connectivity index (χ3v) is 4.66. The van der Waals surface area contributed by atoms with E-state index in [0.29, 0.717) is 5.75 Å². The van der Waals surface area contributed by atoms with Crippen LogP contribution < -0.4 is 5.32 Å². The quantitative estimate of drug-likeness (QED) is 0.928. The molecule has 1 amide bonds. The van der Waals surface area contributed by atoms with Crippen LogP contribution in [0, 0.1) is 13.8 Å². The van der Waals surface area contributed by atoms with Crippen LogP contribution in [0.25, 0.3) is 0 Å². The fourth-order valence-corrected chi connectivity index (χ4v) is 2.99. The summed E-state index contributed by atoms with van der Waals surface area (Å²) in [6.45, 7) is 11.5. The van der Waals surface area contributed by atoms with Crippen LogP contribution in [0.2, 0.25) is 0 Å². The zero-order chi connectivity index (χ0) is 15.5. The van der Waals surface area contributed by atoms with Gasteiger partial charge in [0.2, 0.25) is 5.91 Å². The molecule has 1 aromatic carbocycles. The Kier molecular flexibility index (Phi) is 5.51. The zero-order valence-corrected chi connectivity index (χ0v) is 14.1. The molecule has 4 heteroatoms. The number of hydrogen-bond acceptors (Lipinski definition) is 2. The van der Waals surface area contributed by atoms with Crippen LogP contribution in [0.4, 0.5) is 0 Å². The molecular weight excluding hydrogens is 270 g/mol. The summed E-state index contributed by atoms with van der Waals surface area (Å²) < 4.78 is 12.4. The third kappa shape index (κ3) is 5.08. The van der Waals surface area contributed by atoms with Crippen LogP contribution in [-0.4, -0.2) is 20.9 Å². The van der Waals surface area contributed by atoms with Crippen molar-refractivity contribution in [3.63, 3.8) is 0 Å². The van der Waals surface area contributed by atoms with Gasteiger partial charge in [-0.1, -0.05) is 23.8 Å². The van der Waals surface area contributed by atoms with Gasteiger partial charge in [0.25, 0.3) is 0 Å². The Morgan fingerprint density at radius 3 is 2.45 bits per heavy atom. The highest BCUT2D eigenvalue weighted by Crippen LogP contribution is 2.15. The van der Waals surface area contributed by atoms with Crippen LogP contribution >= 0.6 is 0 Å². The summed E-state index contributed by atoms with van der Waals surface area (Å²) in [4.78, 5) is 12.0. The van der Waals surface area contributed by atoms with E-state index in [4.69, 9.17) is 0 Å². The number of nitrogens with one attached hydrogen (secondary N) is 1. The van der Waals surface area contributed by atoms with Gasteiger partial charge in [0.15, 0.2) is 0 Å². The van der Waals surface area contributed by atoms with Gasteiger partial charge in [-0.05, 0) is 52.7 Å². The van der Waals surface area contributed by atoms with Crippen molar-refractivity contribution >= 4 is 16.7 Å². The number of hydrogen-bond donors (Lipinski definition) is 1. The van der Waals surface area contributed by atoms with E-state index in [0.717, 1.165) is 16.7 Å². The average molecular weight is 295 g/mol. The molecule has 0 saturated carbocycles. The molecule has 0 unspecified atom stereocenters. The average Bonchev–Trinajstić information content (AvgIpc) is 2.30. The first-order valence-corrected chi connectivity index (χ1v) is 8.23. The molecule has 1 N–H and O–H groups in total. The smallest absolute Gasteiger partial charge is 0.235 e. The first kappa shape index (κ1) is 16.9. The highest BCUT2D eigenvalue weighted by atomic mass is 32.2. The van der Waals surface area contributed by atoms with E-state index in [-0.39, 0.29) is 11.4 Å². The second-order valence-electron chi connectivity index (χ2n) is 6.34. The molecule has 1 rings (SSSR count). The van der Waals surface area contributed by atoms with Gasteiger partial charge in [0, 0.05) is 22.1 Å². The van der Waals surface area contributed by atoms with Crippen LogP contribution in [-0.2, 0) is 21.3 Å². The van der Waals surface area contributed by atoms with Crippen LogP contribution in [0.15, 0.2) is 18.2 Å². The highest BCUT2D eigenvalue weighted by Gasteiger charge is 2.24. The summed E-state index contributed by atoms with van der Waals surface area (Å²) >= 11 is 0. The molecule has 0 aromatic heterocycles. The molecule has 1 aromatic rings. The number of carbonyl (C=O) groups is 1. The topological polar surface area (TPSA) is 46.2 Å². The van der Waals surface area contributed by atoms with Gasteiger partial charge in [-0.3, -0.25) is 9.00 Å². The molecule has 0 aliphatic rings. The molecular formula is C16H25NO2S. The maximum atomic E-state index is 12.4. The van der Waals surface area contributed by atoms with Crippen molar-refractivity contribution in [1.29, 1.82) is 0 Å². The monoisotopic (exact) mass is 295 g/mol. The normalized spacial score (nSPS) is 14.7. The molecule has 0 aliphatic carbocycles. The summed E-state index contributed by atoms with van der Waals surface area (Å²) in [7, 11) is -1.21. The Hall–Kier alpha value is -1.16. The minimum absolute atomic E-state index is 0.152. The van der Waals surface area contributed by atoms with Gasteiger partial charge in [-0.2, -0.15) is 0 Å². The third-order valence-electron chi connectivity index (χ3n) is 3.06. The van der Waals surface area contributed by atoms with Crippen molar-refractivity contribution in [2.24, 2.45) is 0 Å². The molecule has 0 aliphatic heterocycles. The van der Waals surface area contributed by atoms with Gasteiger partial charge in [-0.15, -0.1) is 0 Å². The first-order valence-electron chi connectivity index (χ1n) is 6.85. The molecule has 0 fully saturated rings. The van der Waals surface area contributed by atoms with E-state index in [1.54, 1.807) is 6.92 Å². The molecule has 0 bridgehead atoms. The fourth-order valence-electron chi connectivity index (χ4n) is 1.82. The minimum atomic E-state index is -1.21.